The molecule has 1 aromatic heterocycles. The average Bonchev–Trinajstić information content (AvgIpc) is 3.10. The van der Waals surface area contributed by atoms with E-state index in [1.165, 1.54) is 18.0 Å². The topological polar surface area (TPSA) is 105 Å². The molecule has 0 aliphatic heterocycles. The third-order valence-electron chi connectivity index (χ3n) is 3.45. The molecule has 0 atom stereocenters. The number of hydrogen-bond acceptors (Lipinski definition) is 7. The number of hydrazone groups is 1. The van der Waals surface area contributed by atoms with E-state index < -0.39 is 0 Å². The van der Waals surface area contributed by atoms with E-state index in [1.54, 1.807) is 28.9 Å². The first-order valence-corrected chi connectivity index (χ1v) is 8.71. The molecule has 0 bridgehead atoms. The molecule has 1 heterocycles. The zero-order valence-corrected chi connectivity index (χ0v) is 14.7. The molecule has 0 unspecified atom stereocenters. The number of nitrogens with one attached hydrogen (secondary N) is 1. The number of rotatable bonds is 6. The number of tetrazole rings is 1. The Morgan fingerprint density at radius 3 is 2.85 bits per heavy atom. The quantitative estimate of drug-likeness (QED) is 0.391. The number of benzene rings is 2. The number of carbonyl (C=O) groups excluding carboxylic acids is 1. The van der Waals surface area contributed by atoms with Gasteiger partial charge in [-0.1, -0.05) is 42.1 Å². The lowest BCUT2D eigenvalue weighted by Crippen LogP contribution is -2.20. The molecule has 0 aliphatic carbocycles. The van der Waals surface area contributed by atoms with Crippen LogP contribution in [0.25, 0.3) is 5.69 Å². The van der Waals surface area contributed by atoms with Crippen LogP contribution < -0.4 is 5.43 Å². The van der Waals surface area contributed by atoms with Crippen molar-refractivity contribution < 1.29 is 9.90 Å². The summed E-state index contributed by atoms with van der Waals surface area (Å²) in [6.07, 6.45) is 1.38. The van der Waals surface area contributed by atoms with Gasteiger partial charge in [-0.2, -0.15) is 9.78 Å². The summed E-state index contributed by atoms with van der Waals surface area (Å²) in [6, 6.07) is 14.4. The third-order valence-corrected chi connectivity index (χ3v) is 4.37. The van der Waals surface area contributed by atoms with Crippen LogP contribution in [-0.2, 0) is 4.79 Å². The molecule has 0 spiro atoms. The molecule has 0 saturated heterocycles. The van der Waals surface area contributed by atoms with Crippen LogP contribution >= 0.6 is 11.8 Å². The number of aryl methyl sites for hydroxylation is 1. The minimum atomic E-state index is -0.305. The summed E-state index contributed by atoms with van der Waals surface area (Å²) < 4.78 is 1.60. The van der Waals surface area contributed by atoms with E-state index in [2.05, 4.69) is 26.1 Å². The van der Waals surface area contributed by atoms with Crippen molar-refractivity contribution in [2.75, 3.05) is 5.75 Å². The summed E-state index contributed by atoms with van der Waals surface area (Å²) in [4.78, 5) is 11.9. The van der Waals surface area contributed by atoms with Gasteiger partial charge in [0.1, 0.15) is 5.75 Å². The lowest BCUT2D eigenvalue weighted by atomic mass is 10.2. The number of amides is 1. The number of aromatic hydroxyl groups is 1. The Hall–Kier alpha value is -3.20. The lowest BCUT2D eigenvalue weighted by Gasteiger charge is -2.06. The SMILES string of the molecule is Cc1ccccc1-n1nnnc1SCC(=O)NN=Cc1ccccc1O. The minimum absolute atomic E-state index is 0.0947. The van der Waals surface area contributed by atoms with Crippen molar-refractivity contribution in [3.8, 4) is 11.4 Å². The number of phenolic OH excluding ortho intramolecular Hbond substituents is 1. The fourth-order valence-electron chi connectivity index (χ4n) is 2.15. The Labute approximate surface area is 153 Å². The minimum Gasteiger partial charge on any atom is -0.507 e. The highest BCUT2D eigenvalue weighted by Crippen LogP contribution is 2.20. The van der Waals surface area contributed by atoms with Gasteiger partial charge in [-0.05, 0) is 41.1 Å². The van der Waals surface area contributed by atoms with Gasteiger partial charge in [0.25, 0.3) is 5.91 Å². The molecular formula is C17H16N6O2S. The van der Waals surface area contributed by atoms with Crippen molar-refractivity contribution in [2.24, 2.45) is 5.10 Å². The van der Waals surface area contributed by atoms with Gasteiger partial charge < -0.3 is 5.11 Å². The van der Waals surface area contributed by atoms with Crippen molar-refractivity contribution in [3.05, 3.63) is 59.7 Å². The molecule has 132 valence electrons. The molecule has 0 aliphatic rings. The molecule has 8 nitrogen and oxygen atoms in total. The molecule has 0 saturated carbocycles. The summed E-state index contributed by atoms with van der Waals surface area (Å²) in [7, 11) is 0. The van der Waals surface area contributed by atoms with E-state index in [-0.39, 0.29) is 17.4 Å². The Balaban J connectivity index is 1.58. The van der Waals surface area contributed by atoms with Crippen molar-refractivity contribution >= 4 is 23.9 Å². The number of para-hydroxylation sites is 2. The van der Waals surface area contributed by atoms with Crippen LogP contribution in [0.2, 0.25) is 0 Å². The summed E-state index contributed by atoms with van der Waals surface area (Å²) >= 11 is 1.21. The van der Waals surface area contributed by atoms with Crippen LogP contribution in [0, 0.1) is 6.92 Å². The summed E-state index contributed by atoms with van der Waals surface area (Å²) in [5.74, 6) is -0.108. The summed E-state index contributed by atoms with van der Waals surface area (Å²) in [5.41, 5.74) is 4.82. The molecule has 3 aromatic rings. The predicted octanol–water partition coefficient (Wildman–Crippen LogP) is 1.92. The maximum Gasteiger partial charge on any atom is 0.250 e. The van der Waals surface area contributed by atoms with Gasteiger partial charge in [0.05, 0.1) is 17.7 Å². The van der Waals surface area contributed by atoms with Crippen molar-refractivity contribution in [3.63, 3.8) is 0 Å². The first kappa shape index (κ1) is 17.6. The van der Waals surface area contributed by atoms with Crippen LogP contribution in [0.4, 0.5) is 0 Å². The highest BCUT2D eigenvalue weighted by atomic mass is 32.2. The van der Waals surface area contributed by atoms with E-state index >= 15 is 0 Å². The second-order valence-electron chi connectivity index (χ2n) is 5.30. The molecule has 26 heavy (non-hydrogen) atoms. The van der Waals surface area contributed by atoms with Gasteiger partial charge in [-0.15, -0.1) is 5.10 Å². The van der Waals surface area contributed by atoms with E-state index in [9.17, 15) is 9.90 Å². The van der Waals surface area contributed by atoms with Gasteiger partial charge in [-0.25, -0.2) is 5.43 Å². The first-order chi connectivity index (χ1) is 12.6. The van der Waals surface area contributed by atoms with E-state index in [1.807, 2.05) is 31.2 Å². The van der Waals surface area contributed by atoms with Gasteiger partial charge >= 0.3 is 0 Å². The normalized spacial score (nSPS) is 11.0. The van der Waals surface area contributed by atoms with Gasteiger partial charge in [0, 0.05) is 5.56 Å². The zero-order valence-electron chi connectivity index (χ0n) is 13.9. The smallest absolute Gasteiger partial charge is 0.250 e. The zero-order chi connectivity index (χ0) is 18.4. The van der Waals surface area contributed by atoms with Crippen molar-refractivity contribution in [2.45, 2.75) is 12.1 Å². The van der Waals surface area contributed by atoms with Crippen LogP contribution in [0.3, 0.4) is 0 Å². The molecule has 0 fully saturated rings. The van der Waals surface area contributed by atoms with Gasteiger partial charge in [0.15, 0.2) is 0 Å². The Kier molecular flexibility index (Phi) is 5.59. The number of hydrogen-bond donors (Lipinski definition) is 2. The Bertz CT molecular complexity index is 940. The number of phenols is 1. The van der Waals surface area contributed by atoms with Crippen LogP contribution in [-0.4, -0.2) is 43.2 Å². The van der Waals surface area contributed by atoms with Crippen LogP contribution in [0.5, 0.6) is 5.75 Å². The maximum atomic E-state index is 11.9. The fourth-order valence-corrected chi connectivity index (χ4v) is 2.83. The predicted molar refractivity (Wildman–Crippen MR) is 98.5 cm³/mol. The number of thioether (sulfide) groups is 1. The number of nitrogens with zero attached hydrogens (tertiary/aromatic N) is 5. The second kappa shape index (κ2) is 8.26. The van der Waals surface area contributed by atoms with E-state index in [0.29, 0.717) is 10.7 Å². The lowest BCUT2D eigenvalue weighted by molar-refractivity contribution is -0.118. The maximum absolute atomic E-state index is 11.9. The monoisotopic (exact) mass is 368 g/mol. The van der Waals surface area contributed by atoms with E-state index in [0.717, 1.165) is 11.3 Å². The van der Waals surface area contributed by atoms with Crippen molar-refractivity contribution in [1.29, 1.82) is 0 Å². The van der Waals surface area contributed by atoms with Gasteiger partial charge in [0.2, 0.25) is 5.16 Å². The van der Waals surface area contributed by atoms with Crippen LogP contribution in [0.15, 0.2) is 58.8 Å². The van der Waals surface area contributed by atoms with Gasteiger partial charge in [-0.3, -0.25) is 4.79 Å². The second-order valence-corrected chi connectivity index (χ2v) is 6.24. The van der Waals surface area contributed by atoms with E-state index in [4.69, 9.17) is 0 Å². The largest absolute Gasteiger partial charge is 0.507 e. The highest BCUT2D eigenvalue weighted by Gasteiger charge is 2.12. The third kappa shape index (κ3) is 4.25. The number of carbonyl (C=O) groups is 1. The first-order valence-electron chi connectivity index (χ1n) is 7.72. The standard InChI is InChI=1S/C17H16N6O2S/c1-12-6-2-4-8-14(12)23-17(20-21-22-23)26-11-16(25)19-18-10-13-7-3-5-9-15(13)24/h2-10,24H,11H2,1H3,(H,19,25). The Morgan fingerprint density at radius 1 is 1.27 bits per heavy atom. The van der Waals surface area contributed by atoms with Crippen LogP contribution in [0.1, 0.15) is 11.1 Å². The molecule has 0 radical (unpaired) electrons. The molecular weight excluding hydrogens is 352 g/mol. The molecule has 3 rings (SSSR count). The average molecular weight is 368 g/mol. The molecule has 9 heteroatoms. The molecule has 2 N–H and O–H groups in total. The highest BCUT2D eigenvalue weighted by molar-refractivity contribution is 7.99. The molecule has 1 amide bonds. The number of aromatic nitrogens is 4. The summed E-state index contributed by atoms with van der Waals surface area (Å²) in [6.45, 7) is 1.96. The molecule has 2 aromatic carbocycles. The summed E-state index contributed by atoms with van der Waals surface area (Å²) in [5, 5.41) is 25.6. The fraction of sp³-hybridized carbons (Fsp3) is 0.118. The Morgan fingerprint density at radius 2 is 2.04 bits per heavy atom. The van der Waals surface area contributed by atoms with Crippen molar-refractivity contribution in [1.82, 2.24) is 25.6 Å².